The standard InChI is InChI=1S/C20H22N2O3S/c1-2-25-17-6-4-3-5-13(17)7-10-19(24)22-20-16(12-21)15-9-8-14(23)11-18(15)26-20/h3-6,14,23H,2,7-11H2,1H3,(H,22,24). The molecule has 0 fully saturated rings. The number of fused-ring (bicyclic) bond motifs is 1. The van der Waals surface area contributed by atoms with Crippen molar-refractivity contribution in [3.63, 3.8) is 0 Å². The molecule has 26 heavy (non-hydrogen) atoms. The highest BCUT2D eigenvalue weighted by Gasteiger charge is 2.25. The first-order valence-electron chi connectivity index (χ1n) is 8.85. The number of thiophene rings is 1. The number of aryl methyl sites for hydroxylation is 1. The maximum atomic E-state index is 12.4. The van der Waals surface area contributed by atoms with Crippen molar-refractivity contribution in [1.29, 1.82) is 5.26 Å². The molecule has 3 rings (SSSR count). The van der Waals surface area contributed by atoms with Crippen molar-refractivity contribution in [1.82, 2.24) is 0 Å². The van der Waals surface area contributed by atoms with E-state index in [2.05, 4.69) is 11.4 Å². The van der Waals surface area contributed by atoms with Crippen molar-refractivity contribution in [3.05, 3.63) is 45.8 Å². The van der Waals surface area contributed by atoms with Gasteiger partial charge in [0.1, 0.15) is 16.8 Å². The quantitative estimate of drug-likeness (QED) is 0.816. The zero-order valence-electron chi connectivity index (χ0n) is 14.7. The third-order valence-electron chi connectivity index (χ3n) is 4.50. The fourth-order valence-corrected chi connectivity index (χ4v) is 4.50. The molecule has 1 aromatic carbocycles. The Morgan fingerprint density at radius 1 is 1.46 bits per heavy atom. The monoisotopic (exact) mass is 370 g/mol. The molecular formula is C20H22N2O3S. The predicted octanol–water partition coefficient (Wildman–Crippen LogP) is 3.44. The van der Waals surface area contributed by atoms with E-state index in [1.165, 1.54) is 11.3 Å². The van der Waals surface area contributed by atoms with Crippen LogP contribution in [0.2, 0.25) is 0 Å². The lowest BCUT2D eigenvalue weighted by molar-refractivity contribution is -0.116. The van der Waals surface area contributed by atoms with Crippen LogP contribution >= 0.6 is 11.3 Å². The lowest BCUT2D eigenvalue weighted by atomic mass is 9.94. The minimum Gasteiger partial charge on any atom is -0.494 e. The molecule has 6 heteroatoms. The molecule has 0 aliphatic heterocycles. The summed E-state index contributed by atoms with van der Waals surface area (Å²) in [5.74, 6) is 0.688. The number of hydrogen-bond donors (Lipinski definition) is 2. The van der Waals surface area contributed by atoms with Gasteiger partial charge in [-0.2, -0.15) is 5.26 Å². The van der Waals surface area contributed by atoms with Gasteiger partial charge in [-0.3, -0.25) is 4.79 Å². The Bertz CT molecular complexity index is 838. The van der Waals surface area contributed by atoms with Crippen LogP contribution in [0.25, 0.3) is 0 Å². The van der Waals surface area contributed by atoms with E-state index in [1.54, 1.807) is 0 Å². The second-order valence-corrected chi connectivity index (χ2v) is 7.41. The SMILES string of the molecule is CCOc1ccccc1CCC(=O)Nc1sc2c(c1C#N)CCC(O)C2. The zero-order valence-corrected chi connectivity index (χ0v) is 15.6. The third-order valence-corrected chi connectivity index (χ3v) is 5.67. The lowest BCUT2D eigenvalue weighted by Crippen LogP contribution is -2.17. The van der Waals surface area contributed by atoms with E-state index >= 15 is 0 Å². The number of aliphatic hydroxyl groups is 1. The van der Waals surface area contributed by atoms with Crippen LogP contribution in [0.15, 0.2) is 24.3 Å². The van der Waals surface area contributed by atoms with Crippen LogP contribution in [0, 0.1) is 11.3 Å². The Morgan fingerprint density at radius 3 is 3.04 bits per heavy atom. The van der Waals surface area contributed by atoms with Crippen molar-refractivity contribution >= 4 is 22.2 Å². The first kappa shape index (κ1) is 18.4. The molecule has 1 heterocycles. The van der Waals surface area contributed by atoms with E-state index in [1.807, 2.05) is 31.2 Å². The summed E-state index contributed by atoms with van der Waals surface area (Å²) in [5.41, 5.74) is 2.54. The fraction of sp³-hybridized carbons (Fsp3) is 0.400. The lowest BCUT2D eigenvalue weighted by Gasteiger charge is -2.16. The molecule has 2 N–H and O–H groups in total. The molecule has 5 nitrogen and oxygen atoms in total. The van der Waals surface area contributed by atoms with Crippen molar-refractivity contribution in [2.45, 2.75) is 45.1 Å². The number of carbonyl (C=O) groups excluding carboxylic acids is 1. The van der Waals surface area contributed by atoms with Gasteiger partial charge in [0.15, 0.2) is 0 Å². The maximum absolute atomic E-state index is 12.4. The number of rotatable bonds is 6. The number of para-hydroxylation sites is 1. The first-order chi connectivity index (χ1) is 12.6. The van der Waals surface area contributed by atoms with Gasteiger partial charge in [0.05, 0.1) is 18.3 Å². The van der Waals surface area contributed by atoms with E-state index in [0.717, 1.165) is 21.8 Å². The summed E-state index contributed by atoms with van der Waals surface area (Å²) in [6, 6.07) is 9.93. The number of amides is 1. The van der Waals surface area contributed by atoms with Gasteiger partial charge in [-0.05, 0) is 43.4 Å². The van der Waals surface area contributed by atoms with Crippen LogP contribution in [-0.4, -0.2) is 23.7 Å². The van der Waals surface area contributed by atoms with Crippen molar-refractivity contribution in [3.8, 4) is 11.8 Å². The largest absolute Gasteiger partial charge is 0.494 e. The number of nitriles is 1. The molecule has 2 aromatic rings. The van der Waals surface area contributed by atoms with E-state index in [9.17, 15) is 15.2 Å². The molecule has 1 aromatic heterocycles. The van der Waals surface area contributed by atoms with E-state index in [-0.39, 0.29) is 12.0 Å². The number of nitrogens with zero attached hydrogens (tertiary/aromatic N) is 1. The fourth-order valence-electron chi connectivity index (χ4n) is 3.22. The van der Waals surface area contributed by atoms with Gasteiger partial charge in [-0.15, -0.1) is 11.3 Å². The van der Waals surface area contributed by atoms with E-state index in [4.69, 9.17) is 4.74 Å². The molecule has 1 unspecified atom stereocenters. The molecule has 0 saturated heterocycles. The number of benzene rings is 1. The van der Waals surface area contributed by atoms with Gasteiger partial charge < -0.3 is 15.2 Å². The normalized spacial score (nSPS) is 15.8. The summed E-state index contributed by atoms with van der Waals surface area (Å²) in [5, 5.41) is 22.8. The molecule has 1 amide bonds. The summed E-state index contributed by atoms with van der Waals surface area (Å²) < 4.78 is 5.59. The molecule has 136 valence electrons. The molecule has 1 aliphatic rings. The number of aliphatic hydroxyl groups excluding tert-OH is 1. The molecule has 1 atom stereocenters. The van der Waals surface area contributed by atoms with Gasteiger partial charge in [0.25, 0.3) is 0 Å². The van der Waals surface area contributed by atoms with Crippen molar-refractivity contribution < 1.29 is 14.6 Å². The van der Waals surface area contributed by atoms with Gasteiger partial charge in [-0.25, -0.2) is 0 Å². The van der Waals surface area contributed by atoms with Gasteiger partial charge in [-0.1, -0.05) is 18.2 Å². The van der Waals surface area contributed by atoms with Crippen LogP contribution in [0.1, 0.15) is 41.3 Å². The number of nitrogens with one attached hydrogen (secondary N) is 1. The second-order valence-electron chi connectivity index (χ2n) is 6.31. The van der Waals surface area contributed by atoms with E-state index in [0.29, 0.717) is 49.3 Å². The van der Waals surface area contributed by atoms with E-state index < -0.39 is 0 Å². The van der Waals surface area contributed by atoms with Gasteiger partial charge in [0.2, 0.25) is 5.91 Å². The Balaban J connectivity index is 1.67. The minimum absolute atomic E-state index is 0.119. The summed E-state index contributed by atoms with van der Waals surface area (Å²) in [6.07, 6.45) is 2.46. The van der Waals surface area contributed by atoms with Crippen LogP contribution < -0.4 is 10.1 Å². The highest BCUT2D eigenvalue weighted by atomic mass is 32.1. The van der Waals surface area contributed by atoms with Gasteiger partial charge >= 0.3 is 0 Å². The Labute approximate surface area is 157 Å². The van der Waals surface area contributed by atoms with Crippen LogP contribution in [-0.2, 0) is 24.1 Å². The molecular weight excluding hydrogens is 348 g/mol. The molecule has 0 saturated carbocycles. The summed E-state index contributed by atoms with van der Waals surface area (Å²) in [4.78, 5) is 13.4. The van der Waals surface area contributed by atoms with Crippen LogP contribution in [0.4, 0.5) is 5.00 Å². The van der Waals surface area contributed by atoms with Crippen LogP contribution in [0.3, 0.4) is 0 Å². The topological polar surface area (TPSA) is 82.3 Å². The predicted molar refractivity (Wildman–Crippen MR) is 102 cm³/mol. The Kier molecular flexibility index (Phi) is 5.92. The van der Waals surface area contributed by atoms with Crippen molar-refractivity contribution in [2.75, 3.05) is 11.9 Å². The average Bonchev–Trinajstić information content (AvgIpc) is 2.97. The average molecular weight is 370 g/mol. The summed E-state index contributed by atoms with van der Waals surface area (Å²) in [7, 11) is 0. The third kappa shape index (κ3) is 4.06. The molecule has 0 radical (unpaired) electrons. The second kappa shape index (κ2) is 8.35. The molecule has 1 aliphatic carbocycles. The minimum atomic E-state index is -0.355. The highest BCUT2D eigenvalue weighted by Crippen LogP contribution is 2.37. The number of ether oxygens (including phenoxy) is 1. The number of hydrogen-bond acceptors (Lipinski definition) is 5. The summed E-state index contributed by atoms with van der Waals surface area (Å²) >= 11 is 1.41. The smallest absolute Gasteiger partial charge is 0.225 e. The number of anilines is 1. The van der Waals surface area contributed by atoms with Crippen LogP contribution in [0.5, 0.6) is 5.75 Å². The van der Waals surface area contributed by atoms with Crippen molar-refractivity contribution in [2.24, 2.45) is 0 Å². The highest BCUT2D eigenvalue weighted by molar-refractivity contribution is 7.16. The summed E-state index contributed by atoms with van der Waals surface area (Å²) in [6.45, 7) is 2.52. The first-order valence-corrected chi connectivity index (χ1v) is 9.67. The molecule has 0 bridgehead atoms. The Hall–Kier alpha value is -2.36. The number of carbonyl (C=O) groups is 1. The maximum Gasteiger partial charge on any atom is 0.225 e. The Morgan fingerprint density at radius 2 is 2.27 bits per heavy atom. The molecule has 0 spiro atoms. The zero-order chi connectivity index (χ0) is 18.5. The van der Waals surface area contributed by atoms with Gasteiger partial charge in [0, 0.05) is 17.7 Å².